The van der Waals surface area contributed by atoms with Gasteiger partial charge in [0.2, 0.25) is 0 Å². The Balaban J connectivity index is 1.75. The van der Waals surface area contributed by atoms with E-state index < -0.39 is 11.7 Å². The molecule has 0 amide bonds. The molecule has 0 radical (unpaired) electrons. The summed E-state index contributed by atoms with van der Waals surface area (Å²) in [4.78, 5) is 2.35. The van der Waals surface area contributed by atoms with Crippen LogP contribution in [-0.4, -0.2) is 54.7 Å². The van der Waals surface area contributed by atoms with E-state index in [1.165, 1.54) is 12.8 Å². The van der Waals surface area contributed by atoms with E-state index in [0.717, 1.165) is 30.9 Å². The minimum absolute atomic E-state index is 0.0743. The lowest BCUT2D eigenvalue weighted by molar-refractivity contribution is -0.137. The quantitative estimate of drug-likeness (QED) is 0.471. The van der Waals surface area contributed by atoms with Crippen molar-refractivity contribution in [2.75, 3.05) is 33.5 Å². The summed E-state index contributed by atoms with van der Waals surface area (Å²) in [5.41, 5.74) is 1.34. The molecule has 31 heavy (non-hydrogen) atoms. The smallest absolute Gasteiger partial charge is 0.416 e. The number of hydrogen-bond donors (Lipinski definition) is 1. The molecule has 0 saturated carbocycles. The number of aryl methyl sites for hydroxylation is 1. The average Bonchev–Trinajstić information content (AvgIpc) is 3.13. The normalized spacial score (nSPS) is 17.3. The zero-order valence-corrected chi connectivity index (χ0v) is 18.1. The van der Waals surface area contributed by atoms with Crippen molar-refractivity contribution < 1.29 is 22.6 Å². The zero-order chi connectivity index (χ0) is 22.4. The number of likely N-dealkylation sites (tertiary alicyclic amines) is 1. The highest BCUT2D eigenvalue weighted by Crippen LogP contribution is 2.39. The third kappa shape index (κ3) is 6.15. The molecule has 2 heterocycles. The van der Waals surface area contributed by atoms with E-state index in [4.69, 9.17) is 9.47 Å². The first-order chi connectivity index (χ1) is 14.8. The third-order valence-corrected chi connectivity index (χ3v) is 5.46. The number of ether oxygens (including phenoxy) is 2. The molecule has 1 aliphatic heterocycles. The molecule has 1 fully saturated rings. The molecule has 0 bridgehead atoms. The van der Waals surface area contributed by atoms with Crippen LogP contribution in [0.5, 0.6) is 5.75 Å². The Hall–Kier alpha value is -2.23. The number of nitrogens with zero attached hydrogens (tertiary/aromatic N) is 3. The van der Waals surface area contributed by atoms with E-state index in [-0.39, 0.29) is 12.5 Å². The van der Waals surface area contributed by atoms with E-state index >= 15 is 0 Å². The number of aromatic nitrogens is 2. The fraction of sp³-hybridized carbons (Fsp3) is 0.545. The number of hydrogen-bond acceptors (Lipinski definition) is 6. The first-order valence-corrected chi connectivity index (χ1v) is 10.5. The van der Waals surface area contributed by atoms with Crippen molar-refractivity contribution in [3.63, 3.8) is 0 Å². The van der Waals surface area contributed by atoms with Gasteiger partial charge in [0.15, 0.2) is 6.79 Å². The van der Waals surface area contributed by atoms with Gasteiger partial charge in [0.05, 0.1) is 17.0 Å². The van der Waals surface area contributed by atoms with Crippen LogP contribution in [0.2, 0.25) is 0 Å². The molecule has 1 unspecified atom stereocenters. The molecular formula is C22H29F3N4O2. The lowest BCUT2D eigenvalue weighted by atomic mass is 10.0. The van der Waals surface area contributed by atoms with Gasteiger partial charge in [-0.2, -0.15) is 23.4 Å². The summed E-state index contributed by atoms with van der Waals surface area (Å²) >= 11 is 0. The van der Waals surface area contributed by atoms with Gasteiger partial charge in [-0.25, -0.2) is 0 Å². The summed E-state index contributed by atoms with van der Waals surface area (Å²) < 4.78 is 50.4. The van der Waals surface area contributed by atoms with Crippen LogP contribution in [0.4, 0.5) is 13.2 Å². The second-order valence-electron chi connectivity index (χ2n) is 7.74. The van der Waals surface area contributed by atoms with Crippen LogP contribution in [0, 0.1) is 6.92 Å². The van der Waals surface area contributed by atoms with Crippen molar-refractivity contribution in [3.8, 4) is 17.0 Å². The predicted molar refractivity (Wildman–Crippen MR) is 112 cm³/mol. The monoisotopic (exact) mass is 438 g/mol. The molecule has 3 rings (SSSR count). The Kier molecular flexibility index (Phi) is 7.85. The molecule has 1 atom stereocenters. The molecule has 6 nitrogen and oxygen atoms in total. The van der Waals surface area contributed by atoms with E-state index in [9.17, 15) is 13.2 Å². The molecular weight excluding hydrogens is 409 g/mol. The maximum absolute atomic E-state index is 13.3. The topological polar surface area (TPSA) is 59.5 Å². The number of alkyl halides is 3. The molecule has 170 valence electrons. The summed E-state index contributed by atoms with van der Waals surface area (Å²) in [7, 11) is 2.13. The van der Waals surface area contributed by atoms with Gasteiger partial charge in [0.1, 0.15) is 5.75 Å². The van der Waals surface area contributed by atoms with Gasteiger partial charge in [-0.1, -0.05) is 0 Å². The molecule has 1 aliphatic rings. The molecule has 9 heteroatoms. The van der Waals surface area contributed by atoms with Crippen molar-refractivity contribution in [1.82, 2.24) is 20.4 Å². The number of benzene rings is 1. The van der Waals surface area contributed by atoms with Crippen molar-refractivity contribution in [2.45, 2.75) is 45.5 Å². The standard InChI is InChI=1S/C22H29F3N4O2/c1-4-30-14-31-20-11-16(22(23,24)25)10-15(2)21(20)19-8-7-17(27-28-19)12-26-13-18-6-5-9-29(18)3/h7-8,10-11,18,26H,4-6,9,12-14H2,1-3H3. The second-order valence-corrected chi connectivity index (χ2v) is 7.74. The van der Waals surface area contributed by atoms with Crippen molar-refractivity contribution in [3.05, 3.63) is 41.1 Å². The summed E-state index contributed by atoms with van der Waals surface area (Å²) in [5, 5.41) is 11.9. The van der Waals surface area contributed by atoms with Crippen molar-refractivity contribution in [2.24, 2.45) is 0 Å². The van der Waals surface area contributed by atoms with Gasteiger partial charge in [0.25, 0.3) is 0 Å². The lowest BCUT2D eigenvalue weighted by Crippen LogP contribution is -2.35. The predicted octanol–water partition coefficient (Wildman–Crippen LogP) is 4.03. The van der Waals surface area contributed by atoms with E-state index in [1.807, 2.05) is 6.07 Å². The van der Waals surface area contributed by atoms with Gasteiger partial charge in [-0.3, -0.25) is 0 Å². The number of likely N-dealkylation sites (N-methyl/N-ethyl adjacent to an activating group) is 1. The first-order valence-electron chi connectivity index (χ1n) is 10.5. The minimum atomic E-state index is -4.47. The van der Waals surface area contributed by atoms with Gasteiger partial charge in [-0.05, 0) is 70.1 Å². The maximum Gasteiger partial charge on any atom is 0.416 e. The molecule has 1 aromatic heterocycles. The maximum atomic E-state index is 13.3. The summed E-state index contributed by atoms with van der Waals surface area (Å²) in [6, 6.07) is 6.20. The number of halogens is 3. The van der Waals surface area contributed by atoms with Crippen LogP contribution < -0.4 is 10.1 Å². The molecule has 0 aliphatic carbocycles. The highest BCUT2D eigenvalue weighted by Gasteiger charge is 2.32. The van der Waals surface area contributed by atoms with Gasteiger partial charge >= 0.3 is 6.18 Å². The highest BCUT2D eigenvalue weighted by atomic mass is 19.4. The van der Waals surface area contributed by atoms with Crippen molar-refractivity contribution >= 4 is 0 Å². The molecule has 1 N–H and O–H groups in total. The van der Waals surface area contributed by atoms with E-state index in [0.29, 0.717) is 36.0 Å². The fourth-order valence-corrected chi connectivity index (χ4v) is 3.74. The van der Waals surface area contributed by atoms with Crippen molar-refractivity contribution in [1.29, 1.82) is 0 Å². The van der Waals surface area contributed by atoms with Crippen LogP contribution in [0.15, 0.2) is 24.3 Å². The van der Waals surface area contributed by atoms with Crippen LogP contribution in [0.1, 0.15) is 36.6 Å². The summed E-state index contributed by atoms with van der Waals surface area (Å²) in [5.74, 6) is 0.0743. The van der Waals surface area contributed by atoms with Crippen LogP contribution in [0.25, 0.3) is 11.3 Å². The van der Waals surface area contributed by atoms with Crippen LogP contribution in [0.3, 0.4) is 0 Å². The van der Waals surface area contributed by atoms with Gasteiger partial charge < -0.3 is 19.7 Å². The highest BCUT2D eigenvalue weighted by molar-refractivity contribution is 5.71. The SMILES string of the molecule is CCOCOc1cc(C(F)(F)F)cc(C)c1-c1ccc(CNCC2CCCN2C)nn1. The second kappa shape index (κ2) is 10.4. The van der Waals surface area contributed by atoms with E-state index in [1.54, 1.807) is 19.9 Å². The fourth-order valence-electron chi connectivity index (χ4n) is 3.74. The zero-order valence-electron chi connectivity index (χ0n) is 18.1. The number of rotatable bonds is 9. The van der Waals surface area contributed by atoms with Gasteiger partial charge in [-0.15, -0.1) is 0 Å². The Labute approximate surface area is 180 Å². The molecule has 2 aromatic rings. The minimum Gasteiger partial charge on any atom is -0.467 e. The number of nitrogens with one attached hydrogen (secondary N) is 1. The molecule has 0 spiro atoms. The Morgan fingerprint density at radius 1 is 1.23 bits per heavy atom. The Morgan fingerprint density at radius 3 is 2.65 bits per heavy atom. The molecule has 1 saturated heterocycles. The summed E-state index contributed by atoms with van der Waals surface area (Å²) in [6.45, 7) is 6.23. The van der Waals surface area contributed by atoms with E-state index in [2.05, 4.69) is 27.5 Å². The Morgan fingerprint density at radius 2 is 2.03 bits per heavy atom. The van der Waals surface area contributed by atoms with Crippen LogP contribution >= 0.6 is 0 Å². The average molecular weight is 438 g/mol. The largest absolute Gasteiger partial charge is 0.467 e. The van der Waals surface area contributed by atoms with Crippen LogP contribution in [-0.2, 0) is 17.5 Å². The first kappa shape index (κ1) is 23.4. The third-order valence-electron chi connectivity index (χ3n) is 5.46. The summed E-state index contributed by atoms with van der Waals surface area (Å²) in [6.07, 6.45) is -2.06. The molecule has 1 aromatic carbocycles. The van der Waals surface area contributed by atoms with Gasteiger partial charge in [0, 0.05) is 31.3 Å². The Bertz CT molecular complexity index is 859. The lowest BCUT2D eigenvalue weighted by Gasteiger charge is -2.19.